The highest BCUT2D eigenvalue weighted by molar-refractivity contribution is 9.10. The van der Waals surface area contributed by atoms with E-state index in [0.717, 1.165) is 26.9 Å². The molecule has 0 bridgehead atoms. The van der Waals surface area contributed by atoms with Gasteiger partial charge >= 0.3 is 0 Å². The van der Waals surface area contributed by atoms with Crippen molar-refractivity contribution in [3.05, 3.63) is 46.4 Å². The van der Waals surface area contributed by atoms with E-state index in [1.807, 2.05) is 25.1 Å². The fourth-order valence-electron chi connectivity index (χ4n) is 2.23. The standard InChI is InChI=1S/C15H13BrN2O2S/c1-9-5-10(7-11(16)6-9)15-17-13-4-3-12(21(2,19)20)8-14(13)18-15/h3-8H,1-2H3,(H,17,18). The number of hydrogen-bond acceptors (Lipinski definition) is 3. The van der Waals surface area contributed by atoms with Crippen molar-refractivity contribution >= 4 is 36.8 Å². The first kappa shape index (κ1) is 14.3. The van der Waals surface area contributed by atoms with Crippen LogP contribution in [-0.4, -0.2) is 24.6 Å². The fourth-order valence-corrected chi connectivity index (χ4v) is 3.48. The number of H-pyrrole nitrogens is 1. The van der Waals surface area contributed by atoms with Crippen LogP contribution in [0.3, 0.4) is 0 Å². The number of aryl methyl sites for hydroxylation is 1. The van der Waals surface area contributed by atoms with Crippen molar-refractivity contribution in [2.24, 2.45) is 0 Å². The molecule has 1 heterocycles. The second-order valence-electron chi connectivity index (χ2n) is 5.05. The zero-order valence-electron chi connectivity index (χ0n) is 11.5. The Morgan fingerprint density at radius 3 is 2.57 bits per heavy atom. The van der Waals surface area contributed by atoms with Gasteiger partial charge in [0.15, 0.2) is 9.84 Å². The molecule has 6 heteroatoms. The van der Waals surface area contributed by atoms with Crippen LogP contribution in [0.4, 0.5) is 0 Å². The molecule has 1 aromatic heterocycles. The summed E-state index contributed by atoms with van der Waals surface area (Å²) in [5, 5.41) is 0. The van der Waals surface area contributed by atoms with Crippen molar-refractivity contribution in [2.75, 3.05) is 6.26 Å². The van der Waals surface area contributed by atoms with Crippen molar-refractivity contribution in [1.29, 1.82) is 0 Å². The number of halogens is 1. The summed E-state index contributed by atoms with van der Waals surface area (Å²) in [7, 11) is -3.22. The molecular formula is C15H13BrN2O2S. The average Bonchev–Trinajstić information content (AvgIpc) is 2.79. The van der Waals surface area contributed by atoms with Gasteiger partial charge in [-0.2, -0.15) is 0 Å². The van der Waals surface area contributed by atoms with Gasteiger partial charge in [0, 0.05) is 16.3 Å². The van der Waals surface area contributed by atoms with Crippen LogP contribution < -0.4 is 0 Å². The van der Waals surface area contributed by atoms with Gasteiger partial charge in [0.1, 0.15) is 5.82 Å². The van der Waals surface area contributed by atoms with Gasteiger partial charge in [-0.05, 0) is 48.9 Å². The number of benzene rings is 2. The van der Waals surface area contributed by atoms with Crippen LogP contribution in [-0.2, 0) is 9.84 Å². The number of imidazole rings is 1. The molecule has 0 aliphatic carbocycles. The van der Waals surface area contributed by atoms with Crippen molar-refractivity contribution in [3.63, 3.8) is 0 Å². The number of sulfone groups is 1. The molecule has 0 amide bonds. The smallest absolute Gasteiger partial charge is 0.175 e. The lowest BCUT2D eigenvalue weighted by molar-refractivity contribution is 0.602. The maximum Gasteiger partial charge on any atom is 0.175 e. The first-order chi connectivity index (χ1) is 9.83. The average molecular weight is 365 g/mol. The van der Waals surface area contributed by atoms with E-state index in [2.05, 4.69) is 25.9 Å². The topological polar surface area (TPSA) is 62.8 Å². The van der Waals surface area contributed by atoms with E-state index in [4.69, 9.17) is 0 Å². The van der Waals surface area contributed by atoms with E-state index in [1.54, 1.807) is 18.2 Å². The second-order valence-corrected chi connectivity index (χ2v) is 7.99. The Labute approximate surface area is 131 Å². The molecule has 0 radical (unpaired) electrons. The number of rotatable bonds is 2. The second kappa shape index (κ2) is 4.96. The van der Waals surface area contributed by atoms with E-state index >= 15 is 0 Å². The van der Waals surface area contributed by atoms with Gasteiger partial charge < -0.3 is 4.98 Å². The molecule has 0 saturated heterocycles. The monoisotopic (exact) mass is 364 g/mol. The predicted molar refractivity (Wildman–Crippen MR) is 87.1 cm³/mol. The number of aromatic amines is 1. The van der Waals surface area contributed by atoms with E-state index in [-0.39, 0.29) is 4.90 Å². The van der Waals surface area contributed by atoms with Crippen molar-refractivity contribution < 1.29 is 8.42 Å². The van der Waals surface area contributed by atoms with E-state index in [9.17, 15) is 8.42 Å². The third-order valence-electron chi connectivity index (χ3n) is 3.20. The highest BCUT2D eigenvalue weighted by Gasteiger charge is 2.11. The predicted octanol–water partition coefficient (Wildman–Crippen LogP) is 3.70. The normalized spacial score (nSPS) is 12.0. The summed E-state index contributed by atoms with van der Waals surface area (Å²) in [6.45, 7) is 2.01. The summed E-state index contributed by atoms with van der Waals surface area (Å²) in [6, 6.07) is 10.9. The maximum absolute atomic E-state index is 11.6. The first-order valence-electron chi connectivity index (χ1n) is 6.30. The lowest BCUT2D eigenvalue weighted by Crippen LogP contribution is -1.96. The minimum absolute atomic E-state index is 0.288. The fraction of sp³-hybridized carbons (Fsp3) is 0.133. The Bertz CT molecular complexity index is 925. The summed E-state index contributed by atoms with van der Waals surface area (Å²) >= 11 is 3.47. The largest absolute Gasteiger partial charge is 0.338 e. The SMILES string of the molecule is Cc1cc(Br)cc(-c2nc3ccc(S(C)(=O)=O)cc3[nH]2)c1. The summed E-state index contributed by atoms with van der Waals surface area (Å²) in [5.41, 5.74) is 3.54. The Balaban J connectivity index is 2.17. The number of aromatic nitrogens is 2. The summed E-state index contributed by atoms with van der Waals surface area (Å²) in [5.74, 6) is 0.722. The van der Waals surface area contributed by atoms with Gasteiger partial charge in [0.25, 0.3) is 0 Å². The molecule has 4 nitrogen and oxygen atoms in total. The first-order valence-corrected chi connectivity index (χ1v) is 8.99. The quantitative estimate of drug-likeness (QED) is 0.753. The molecule has 0 atom stereocenters. The van der Waals surface area contributed by atoms with Gasteiger partial charge in [0.2, 0.25) is 0 Å². The van der Waals surface area contributed by atoms with Crippen LogP contribution in [0.1, 0.15) is 5.56 Å². The minimum Gasteiger partial charge on any atom is -0.338 e. The number of nitrogens with zero attached hydrogens (tertiary/aromatic N) is 1. The zero-order chi connectivity index (χ0) is 15.2. The summed E-state index contributed by atoms with van der Waals surface area (Å²) < 4.78 is 24.2. The third kappa shape index (κ3) is 2.87. The van der Waals surface area contributed by atoms with Crippen LogP contribution >= 0.6 is 15.9 Å². The van der Waals surface area contributed by atoms with Gasteiger partial charge in [-0.15, -0.1) is 0 Å². The molecular weight excluding hydrogens is 352 g/mol. The summed E-state index contributed by atoms with van der Waals surface area (Å²) in [6.07, 6.45) is 1.20. The Morgan fingerprint density at radius 2 is 1.90 bits per heavy atom. The molecule has 0 spiro atoms. The third-order valence-corrected chi connectivity index (χ3v) is 4.77. The molecule has 1 N–H and O–H groups in total. The molecule has 0 saturated carbocycles. The molecule has 0 unspecified atom stereocenters. The van der Waals surface area contributed by atoms with Crippen molar-refractivity contribution in [1.82, 2.24) is 9.97 Å². The van der Waals surface area contributed by atoms with Gasteiger partial charge in [-0.3, -0.25) is 0 Å². The van der Waals surface area contributed by atoms with Crippen LogP contribution in [0.5, 0.6) is 0 Å². The molecule has 21 heavy (non-hydrogen) atoms. The van der Waals surface area contributed by atoms with Crippen LogP contribution in [0.2, 0.25) is 0 Å². The van der Waals surface area contributed by atoms with Crippen molar-refractivity contribution in [2.45, 2.75) is 11.8 Å². The van der Waals surface area contributed by atoms with Gasteiger partial charge in [-0.25, -0.2) is 13.4 Å². The highest BCUT2D eigenvalue weighted by atomic mass is 79.9. The van der Waals surface area contributed by atoms with Crippen LogP contribution in [0.15, 0.2) is 45.8 Å². The van der Waals surface area contributed by atoms with Gasteiger partial charge in [0.05, 0.1) is 15.9 Å². The number of nitrogens with one attached hydrogen (secondary N) is 1. The van der Waals surface area contributed by atoms with E-state index in [0.29, 0.717) is 5.52 Å². The van der Waals surface area contributed by atoms with E-state index < -0.39 is 9.84 Å². The summed E-state index contributed by atoms with van der Waals surface area (Å²) in [4.78, 5) is 7.99. The zero-order valence-corrected chi connectivity index (χ0v) is 13.9. The molecule has 108 valence electrons. The lowest BCUT2D eigenvalue weighted by atomic mass is 10.1. The lowest BCUT2D eigenvalue weighted by Gasteiger charge is -2.00. The van der Waals surface area contributed by atoms with Crippen LogP contribution in [0, 0.1) is 6.92 Å². The molecule has 0 fully saturated rings. The maximum atomic E-state index is 11.6. The number of hydrogen-bond donors (Lipinski definition) is 1. The molecule has 2 aromatic carbocycles. The highest BCUT2D eigenvalue weighted by Crippen LogP contribution is 2.26. The molecule has 3 aromatic rings. The molecule has 0 aliphatic heterocycles. The Kier molecular flexibility index (Phi) is 3.37. The Morgan fingerprint density at radius 1 is 1.14 bits per heavy atom. The van der Waals surface area contributed by atoms with Crippen LogP contribution in [0.25, 0.3) is 22.4 Å². The molecule has 0 aliphatic rings. The van der Waals surface area contributed by atoms with Gasteiger partial charge in [-0.1, -0.05) is 15.9 Å². The Hall–Kier alpha value is -1.66. The minimum atomic E-state index is -3.22. The number of fused-ring (bicyclic) bond motifs is 1. The van der Waals surface area contributed by atoms with Crippen molar-refractivity contribution in [3.8, 4) is 11.4 Å². The molecule has 3 rings (SSSR count). The van der Waals surface area contributed by atoms with E-state index in [1.165, 1.54) is 6.26 Å².